The normalized spacial score (nSPS) is 11.0. The van der Waals surface area contributed by atoms with Gasteiger partial charge in [-0.15, -0.1) is 0 Å². The van der Waals surface area contributed by atoms with Gasteiger partial charge in [-0.05, 0) is 12.1 Å². The van der Waals surface area contributed by atoms with E-state index in [1.54, 1.807) is 0 Å². The number of hydrogen-bond donors (Lipinski definition) is 1. The first-order valence-electron chi connectivity index (χ1n) is 6.82. The number of fused-ring (bicyclic) bond motifs is 1. The predicted molar refractivity (Wildman–Crippen MR) is 84.2 cm³/mol. The Morgan fingerprint density at radius 3 is 2.88 bits per heavy atom. The Balaban J connectivity index is 1.59. The molecule has 0 aliphatic carbocycles. The second kappa shape index (κ2) is 6.60. The summed E-state index contributed by atoms with van der Waals surface area (Å²) in [5.41, 5.74) is 4.09. The lowest BCUT2D eigenvalue weighted by Gasteiger charge is -2.00. The summed E-state index contributed by atoms with van der Waals surface area (Å²) in [4.78, 5) is 30.2. The summed E-state index contributed by atoms with van der Waals surface area (Å²) in [6.07, 6.45) is 5.14. The highest BCUT2D eigenvalue weighted by Crippen LogP contribution is 2.08. The number of carbonyl (C=O) groups excluding carboxylic acids is 1. The highest BCUT2D eigenvalue weighted by molar-refractivity contribution is 5.83. The van der Waals surface area contributed by atoms with E-state index in [1.165, 1.54) is 12.4 Å². The van der Waals surface area contributed by atoms with E-state index in [4.69, 9.17) is 0 Å². The smallest absolute Gasteiger partial charge is 0.271 e. The van der Waals surface area contributed by atoms with Crippen molar-refractivity contribution >= 4 is 28.8 Å². The first kappa shape index (κ1) is 15.2. The van der Waals surface area contributed by atoms with E-state index < -0.39 is 10.8 Å². The summed E-state index contributed by atoms with van der Waals surface area (Å²) in [6.45, 7) is -0.186. The lowest BCUT2D eigenvalue weighted by molar-refractivity contribution is -0.385. The number of nitro groups is 1. The van der Waals surface area contributed by atoms with Crippen molar-refractivity contribution in [3.8, 4) is 0 Å². The van der Waals surface area contributed by atoms with Crippen molar-refractivity contribution in [2.45, 2.75) is 6.54 Å². The molecule has 10 nitrogen and oxygen atoms in total. The van der Waals surface area contributed by atoms with Gasteiger partial charge < -0.3 is 0 Å². The number of carbonyl (C=O) groups is 1. The van der Waals surface area contributed by atoms with Crippen molar-refractivity contribution in [2.24, 2.45) is 5.10 Å². The topological polar surface area (TPSA) is 128 Å². The van der Waals surface area contributed by atoms with Crippen LogP contribution in [0, 0.1) is 10.1 Å². The maximum atomic E-state index is 11.7. The molecule has 0 bridgehead atoms. The molecule has 0 atom stereocenters. The van der Waals surface area contributed by atoms with Gasteiger partial charge in [0.2, 0.25) is 0 Å². The van der Waals surface area contributed by atoms with Gasteiger partial charge in [-0.3, -0.25) is 24.6 Å². The van der Waals surface area contributed by atoms with Gasteiger partial charge in [-0.1, -0.05) is 12.1 Å². The maximum absolute atomic E-state index is 11.7. The zero-order valence-corrected chi connectivity index (χ0v) is 12.2. The minimum absolute atomic E-state index is 0.183. The molecule has 0 aliphatic rings. The van der Waals surface area contributed by atoms with E-state index >= 15 is 0 Å². The Bertz CT molecular complexity index is 935. The Morgan fingerprint density at radius 1 is 1.33 bits per heavy atom. The van der Waals surface area contributed by atoms with Gasteiger partial charge in [0.1, 0.15) is 24.6 Å². The Hall–Kier alpha value is -3.69. The number of para-hydroxylation sites is 2. The first-order valence-corrected chi connectivity index (χ1v) is 6.82. The van der Waals surface area contributed by atoms with Crippen molar-refractivity contribution < 1.29 is 9.72 Å². The second-order valence-electron chi connectivity index (χ2n) is 4.73. The number of hydrogen-bond acceptors (Lipinski definition) is 7. The van der Waals surface area contributed by atoms with Gasteiger partial charge in [0.15, 0.2) is 0 Å². The minimum atomic E-state index is -0.585. The number of amides is 1. The molecule has 0 radical (unpaired) electrons. The summed E-state index contributed by atoms with van der Waals surface area (Å²) in [5.74, 6) is -0.474. The van der Waals surface area contributed by atoms with Crippen molar-refractivity contribution in [1.82, 2.24) is 25.2 Å². The van der Waals surface area contributed by atoms with Gasteiger partial charge in [0.25, 0.3) is 5.91 Å². The quantitative estimate of drug-likeness (QED) is 0.421. The molecule has 0 saturated heterocycles. The van der Waals surface area contributed by atoms with Crippen molar-refractivity contribution in [3.05, 3.63) is 58.7 Å². The molecule has 0 unspecified atom stereocenters. The second-order valence-corrected chi connectivity index (χ2v) is 4.73. The van der Waals surface area contributed by atoms with E-state index in [0.717, 1.165) is 28.1 Å². The minimum Gasteiger partial charge on any atom is -0.271 e. The Kier molecular flexibility index (Phi) is 4.19. The standard InChI is InChI=1S/C14H11N7O3/c22-14(9-20-8-11(7-17-20)21(23)24)19-16-6-10-5-15-12-3-1-2-4-13(12)18-10/h1-8H,9H2,(H,19,22)/b16-6-. The third-order valence-electron chi connectivity index (χ3n) is 2.99. The highest BCUT2D eigenvalue weighted by atomic mass is 16.6. The van der Waals surface area contributed by atoms with Crippen LogP contribution in [0.2, 0.25) is 0 Å². The molecule has 24 heavy (non-hydrogen) atoms. The number of rotatable bonds is 5. The SMILES string of the molecule is O=C(Cn1cc([N+](=O)[O-])cn1)N/N=C\c1cnc2ccccc2n1. The molecule has 120 valence electrons. The molecular formula is C14H11N7O3. The molecule has 0 saturated carbocycles. The molecule has 2 aromatic heterocycles. The summed E-state index contributed by atoms with van der Waals surface area (Å²) in [6, 6.07) is 7.38. The Labute approximate surface area is 135 Å². The average molecular weight is 325 g/mol. The van der Waals surface area contributed by atoms with Crippen LogP contribution >= 0.6 is 0 Å². The van der Waals surface area contributed by atoms with E-state index in [2.05, 4.69) is 25.6 Å². The molecule has 3 rings (SSSR count). The lowest BCUT2D eigenvalue weighted by atomic mass is 10.3. The first-order chi connectivity index (χ1) is 11.6. The van der Waals surface area contributed by atoms with Crippen LogP contribution in [-0.2, 0) is 11.3 Å². The average Bonchev–Trinajstić information content (AvgIpc) is 3.03. The molecule has 0 fully saturated rings. The van der Waals surface area contributed by atoms with E-state index in [9.17, 15) is 14.9 Å². The molecule has 1 N–H and O–H groups in total. The predicted octanol–water partition coefficient (Wildman–Crippen LogP) is 0.885. The highest BCUT2D eigenvalue weighted by Gasteiger charge is 2.10. The molecule has 2 heterocycles. The lowest BCUT2D eigenvalue weighted by Crippen LogP contribution is -2.23. The van der Waals surface area contributed by atoms with Crippen molar-refractivity contribution in [1.29, 1.82) is 0 Å². The molecule has 0 aliphatic heterocycles. The number of hydrazone groups is 1. The zero-order valence-electron chi connectivity index (χ0n) is 12.2. The number of nitrogens with one attached hydrogen (secondary N) is 1. The van der Waals surface area contributed by atoms with Gasteiger partial charge >= 0.3 is 5.69 Å². The van der Waals surface area contributed by atoms with Crippen LogP contribution < -0.4 is 5.43 Å². The molecule has 10 heteroatoms. The van der Waals surface area contributed by atoms with E-state index in [1.807, 2.05) is 24.3 Å². The van der Waals surface area contributed by atoms with Crippen LogP contribution in [0.25, 0.3) is 11.0 Å². The van der Waals surface area contributed by atoms with Crippen LogP contribution in [0.5, 0.6) is 0 Å². The fourth-order valence-corrected chi connectivity index (χ4v) is 1.92. The summed E-state index contributed by atoms with van der Waals surface area (Å²) in [7, 11) is 0. The van der Waals surface area contributed by atoms with Gasteiger partial charge in [-0.2, -0.15) is 10.2 Å². The Morgan fingerprint density at radius 2 is 2.12 bits per heavy atom. The van der Waals surface area contributed by atoms with Crippen LogP contribution in [0.15, 0.2) is 48.0 Å². The summed E-state index contributed by atoms with van der Waals surface area (Å²) >= 11 is 0. The van der Waals surface area contributed by atoms with Crippen LogP contribution in [0.3, 0.4) is 0 Å². The summed E-state index contributed by atoms with van der Waals surface area (Å²) < 4.78 is 1.15. The van der Waals surface area contributed by atoms with Gasteiger partial charge in [0, 0.05) is 0 Å². The van der Waals surface area contributed by atoms with Crippen LogP contribution in [0.4, 0.5) is 5.69 Å². The van der Waals surface area contributed by atoms with Crippen molar-refractivity contribution in [2.75, 3.05) is 0 Å². The van der Waals surface area contributed by atoms with E-state index in [0.29, 0.717) is 5.69 Å². The molecule has 1 amide bonds. The summed E-state index contributed by atoms with van der Waals surface area (Å²) in [5, 5.41) is 18.0. The zero-order chi connectivity index (χ0) is 16.9. The molecule has 0 spiro atoms. The molecule has 3 aromatic rings. The third kappa shape index (κ3) is 3.55. The van der Waals surface area contributed by atoms with Gasteiger partial charge in [-0.25, -0.2) is 10.4 Å². The number of benzene rings is 1. The number of nitrogens with zero attached hydrogens (tertiary/aromatic N) is 6. The molecular weight excluding hydrogens is 314 g/mol. The fourth-order valence-electron chi connectivity index (χ4n) is 1.92. The largest absolute Gasteiger partial charge is 0.307 e. The van der Waals surface area contributed by atoms with Crippen molar-refractivity contribution in [3.63, 3.8) is 0 Å². The third-order valence-corrected chi connectivity index (χ3v) is 2.99. The van der Waals surface area contributed by atoms with E-state index in [-0.39, 0.29) is 12.2 Å². The van der Waals surface area contributed by atoms with Crippen LogP contribution in [0.1, 0.15) is 5.69 Å². The number of aromatic nitrogens is 4. The monoisotopic (exact) mass is 325 g/mol. The van der Waals surface area contributed by atoms with Gasteiger partial charge in [0.05, 0.1) is 28.4 Å². The molecule has 1 aromatic carbocycles. The van der Waals surface area contributed by atoms with Crippen LogP contribution in [-0.4, -0.2) is 36.8 Å². The fraction of sp³-hybridized carbons (Fsp3) is 0.0714. The maximum Gasteiger partial charge on any atom is 0.307 e.